The maximum atomic E-state index is 11.1. The topological polar surface area (TPSA) is 72.1 Å². The highest BCUT2D eigenvalue weighted by molar-refractivity contribution is 5.75. The molecule has 5 heteroatoms. The summed E-state index contributed by atoms with van der Waals surface area (Å²) in [5.41, 5.74) is 6.24. The molecule has 1 aromatic rings. The maximum Gasteiger partial charge on any atom is 0.219 e. The first-order valence-electron chi connectivity index (χ1n) is 6.00. The van der Waals surface area contributed by atoms with Crippen molar-refractivity contribution in [1.82, 2.24) is 9.97 Å². The van der Waals surface area contributed by atoms with Crippen molar-refractivity contribution >= 4 is 11.7 Å². The largest absolute Gasteiger partial charge is 0.370 e. The van der Waals surface area contributed by atoms with Crippen molar-refractivity contribution in [2.45, 2.75) is 38.6 Å². The van der Waals surface area contributed by atoms with Crippen LogP contribution in [0.4, 0.5) is 5.82 Å². The van der Waals surface area contributed by atoms with Crippen LogP contribution in [0.25, 0.3) is 0 Å². The van der Waals surface area contributed by atoms with Gasteiger partial charge in [0.1, 0.15) is 12.1 Å². The zero-order chi connectivity index (χ0) is 12.3. The molecule has 0 radical (unpaired) electrons. The molecule has 1 aliphatic heterocycles. The molecular weight excluding hydrogens is 216 g/mol. The van der Waals surface area contributed by atoms with Gasteiger partial charge in [-0.25, -0.2) is 9.97 Å². The van der Waals surface area contributed by atoms with Gasteiger partial charge in [-0.1, -0.05) is 0 Å². The molecule has 17 heavy (non-hydrogen) atoms. The van der Waals surface area contributed by atoms with Crippen molar-refractivity contribution in [1.29, 1.82) is 0 Å². The summed E-state index contributed by atoms with van der Waals surface area (Å²) < 4.78 is 0. The van der Waals surface area contributed by atoms with E-state index >= 15 is 0 Å². The lowest BCUT2D eigenvalue weighted by Crippen LogP contribution is -2.42. The van der Waals surface area contributed by atoms with E-state index in [0.29, 0.717) is 6.42 Å². The van der Waals surface area contributed by atoms with E-state index in [-0.39, 0.29) is 11.9 Å². The second-order valence-electron chi connectivity index (χ2n) is 4.53. The fourth-order valence-electron chi connectivity index (χ4n) is 2.34. The Morgan fingerprint density at radius 3 is 3.06 bits per heavy atom. The number of amides is 1. The third kappa shape index (κ3) is 2.93. The zero-order valence-electron chi connectivity index (χ0n) is 10.1. The number of carbonyl (C=O) groups excluding carboxylic acids is 1. The van der Waals surface area contributed by atoms with Gasteiger partial charge in [-0.2, -0.15) is 0 Å². The van der Waals surface area contributed by atoms with Gasteiger partial charge >= 0.3 is 0 Å². The SMILES string of the molecule is Cc1cc(N2CCCCC2CC(N)=O)ncn1. The van der Waals surface area contributed by atoms with Gasteiger partial charge in [0.25, 0.3) is 0 Å². The average Bonchev–Trinajstić information content (AvgIpc) is 2.29. The molecule has 5 nitrogen and oxygen atoms in total. The quantitative estimate of drug-likeness (QED) is 0.847. The molecule has 2 N–H and O–H groups in total. The molecule has 2 heterocycles. The van der Waals surface area contributed by atoms with Gasteiger partial charge in [-0.05, 0) is 26.2 Å². The number of primary amides is 1. The number of anilines is 1. The lowest BCUT2D eigenvalue weighted by molar-refractivity contribution is -0.118. The number of rotatable bonds is 3. The van der Waals surface area contributed by atoms with E-state index in [9.17, 15) is 4.79 Å². The molecular formula is C12H18N4O. The van der Waals surface area contributed by atoms with Crippen LogP contribution in [-0.2, 0) is 4.79 Å². The Labute approximate surface area is 101 Å². The van der Waals surface area contributed by atoms with E-state index in [2.05, 4.69) is 14.9 Å². The van der Waals surface area contributed by atoms with E-state index in [4.69, 9.17) is 5.73 Å². The first-order chi connectivity index (χ1) is 8.16. The van der Waals surface area contributed by atoms with Gasteiger partial charge in [0.05, 0.1) is 0 Å². The van der Waals surface area contributed by atoms with Crippen LogP contribution in [0.5, 0.6) is 0 Å². The van der Waals surface area contributed by atoms with E-state index in [1.54, 1.807) is 6.33 Å². The van der Waals surface area contributed by atoms with Gasteiger partial charge in [0.15, 0.2) is 0 Å². The van der Waals surface area contributed by atoms with Crippen LogP contribution in [0, 0.1) is 6.92 Å². The Morgan fingerprint density at radius 1 is 1.53 bits per heavy atom. The van der Waals surface area contributed by atoms with Crippen molar-refractivity contribution < 1.29 is 4.79 Å². The lowest BCUT2D eigenvalue weighted by atomic mass is 9.99. The molecule has 1 amide bonds. The summed E-state index contributed by atoms with van der Waals surface area (Å²) in [7, 11) is 0. The Balaban J connectivity index is 2.18. The van der Waals surface area contributed by atoms with Crippen LogP contribution < -0.4 is 10.6 Å². The third-order valence-electron chi connectivity index (χ3n) is 3.15. The summed E-state index contributed by atoms with van der Waals surface area (Å²) in [4.78, 5) is 21.6. The Bertz CT molecular complexity index is 407. The van der Waals surface area contributed by atoms with Crippen LogP contribution >= 0.6 is 0 Å². The van der Waals surface area contributed by atoms with Gasteiger partial charge in [-0.3, -0.25) is 4.79 Å². The molecule has 2 rings (SSSR count). The highest BCUT2D eigenvalue weighted by Gasteiger charge is 2.25. The third-order valence-corrected chi connectivity index (χ3v) is 3.15. The minimum absolute atomic E-state index is 0.190. The lowest BCUT2D eigenvalue weighted by Gasteiger charge is -2.36. The molecule has 1 unspecified atom stereocenters. The van der Waals surface area contributed by atoms with Crippen LogP contribution in [0.15, 0.2) is 12.4 Å². The van der Waals surface area contributed by atoms with E-state index < -0.39 is 0 Å². The van der Waals surface area contributed by atoms with Crippen molar-refractivity contribution in [2.75, 3.05) is 11.4 Å². The summed E-state index contributed by atoms with van der Waals surface area (Å²) in [6.45, 7) is 2.88. The second-order valence-corrected chi connectivity index (χ2v) is 4.53. The molecule has 1 aliphatic rings. The molecule has 0 aromatic carbocycles. The second kappa shape index (κ2) is 5.12. The van der Waals surface area contributed by atoms with Crippen LogP contribution in [-0.4, -0.2) is 28.5 Å². The number of piperidine rings is 1. The number of nitrogens with two attached hydrogens (primary N) is 1. The summed E-state index contributed by atoms with van der Waals surface area (Å²) in [6, 6.07) is 2.15. The number of nitrogens with zero attached hydrogens (tertiary/aromatic N) is 3. The minimum Gasteiger partial charge on any atom is -0.370 e. The Kier molecular flexibility index (Phi) is 3.56. The fraction of sp³-hybridized carbons (Fsp3) is 0.583. The van der Waals surface area contributed by atoms with Gasteiger partial charge in [0, 0.05) is 30.8 Å². The summed E-state index contributed by atoms with van der Waals surface area (Å²) >= 11 is 0. The normalized spacial score (nSPS) is 20.3. The maximum absolute atomic E-state index is 11.1. The molecule has 1 atom stereocenters. The molecule has 0 aliphatic carbocycles. The predicted octanol–water partition coefficient (Wildman–Crippen LogP) is 1.02. The highest BCUT2D eigenvalue weighted by atomic mass is 16.1. The number of aryl methyl sites for hydroxylation is 1. The van der Waals surface area contributed by atoms with Gasteiger partial charge in [-0.15, -0.1) is 0 Å². The number of hydrogen-bond acceptors (Lipinski definition) is 4. The Morgan fingerprint density at radius 2 is 2.35 bits per heavy atom. The standard InChI is InChI=1S/C12H18N4O/c1-9-6-12(15-8-14-9)16-5-3-2-4-10(16)7-11(13)17/h6,8,10H,2-5,7H2,1H3,(H2,13,17). The van der Waals surface area contributed by atoms with Crippen LogP contribution in [0.3, 0.4) is 0 Å². The van der Waals surface area contributed by atoms with Gasteiger partial charge < -0.3 is 10.6 Å². The van der Waals surface area contributed by atoms with Crippen molar-refractivity contribution in [3.05, 3.63) is 18.1 Å². The number of hydrogen-bond donors (Lipinski definition) is 1. The van der Waals surface area contributed by atoms with Crippen molar-refractivity contribution in [3.63, 3.8) is 0 Å². The predicted molar refractivity (Wildman–Crippen MR) is 65.6 cm³/mol. The molecule has 92 valence electrons. The smallest absolute Gasteiger partial charge is 0.219 e. The summed E-state index contributed by atoms with van der Waals surface area (Å²) in [5.74, 6) is 0.663. The first kappa shape index (κ1) is 11.8. The minimum atomic E-state index is -0.243. The first-order valence-corrected chi connectivity index (χ1v) is 6.00. The number of aromatic nitrogens is 2. The molecule has 0 bridgehead atoms. The van der Waals surface area contributed by atoms with E-state index in [1.165, 1.54) is 0 Å². The van der Waals surface area contributed by atoms with Crippen molar-refractivity contribution in [3.8, 4) is 0 Å². The molecule has 1 aromatic heterocycles. The molecule has 1 fully saturated rings. The molecule has 0 spiro atoms. The van der Waals surface area contributed by atoms with E-state index in [0.717, 1.165) is 37.3 Å². The number of carbonyl (C=O) groups is 1. The highest BCUT2D eigenvalue weighted by Crippen LogP contribution is 2.24. The van der Waals surface area contributed by atoms with Gasteiger partial charge in [0.2, 0.25) is 5.91 Å². The Hall–Kier alpha value is -1.65. The summed E-state index contributed by atoms with van der Waals surface area (Å²) in [5, 5.41) is 0. The van der Waals surface area contributed by atoms with E-state index in [1.807, 2.05) is 13.0 Å². The van der Waals surface area contributed by atoms with Crippen LogP contribution in [0.1, 0.15) is 31.4 Å². The molecule has 0 saturated carbocycles. The van der Waals surface area contributed by atoms with Crippen molar-refractivity contribution in [2.24, 2.45) is 5.73 Å². The molecule has 1 saturated heterocycles. The van der Waals surface area contributed by atoms with Crippen LogP contribution in [0.2, 0.25) is 0 Å². The zero-order valence-corrected chi connectivity index (χ0v) is 10.1. The summed E-state index contributed by atoms with van der Waals surface area (Å²) in [6.07, 6.45) is 5.27. The average molecular weight is 234 g/mol. The monoisotopic (exact) mass is 234 g/mol. The fourth-order valence-corrected chi connectivity index (χ4v) is 2.34.